The molecule has 0 saturated carbocycles. The molecule has 1 aliphatic rings. The highest BCUT2D eigenvalue weighted by Gasteiger charge is 2.21. The normalized spacial score (nSPS) is 17.1. The Bertz CT molecular complexity index is 245. The van der Waals surface area contributed by atoms with Crippen LogP contribution in [-0.4, -0.2) is 35.0 Å². The van der Waals surface area contributed by atoms with Crippen molar-refractivity contribution in [1.29, 1.82) is 0 Å². The van der Waals surface area contributed by atoms with E-state index in [1.54, 1.807) is 0 Å². The summed E-state index contributed by atoms with van der Waals surface area (Å²) in [5.41, 5.74) is 1.21. The number of nitrogens with zero attached hydrogens (tertiary/aromatic N) is 1. The number of amides is 1. The Morgan fingerprint density at radius 1 is 1.58 bits per heavy atom. The maximum atomic E-state index is 10.9. The fraction of sp³-hybridized carbons (Fsp3) is 0.500. The van der Waals surface area contributed by atoms with Gasteiger partial charge in [0.15, 0.2) is 0 Å². The number of carboxylic acids is 1. The number of carbonyl (C=O) groups is 2. The van der Waals surface area contributed by atoms with E-state index in [0.29, 0.717) is 13.1 Å². The lowest BCUT2D eigenvalue weighted by molar-refractivity contribution is -0.155. The van der Waals surface area contributed by atoms with Gasteiger partial charge >= 0.3 is 11.9 Å². The summed E-state index contributed by atoms with van der Waals surface area (Å²) >= 11 is 0. The molecule has 0 aliphatic carbocycles. The average Bonchev–Trinajstić information content (AvgIpc) is 2.04. The molecule has 1 heterocycles. The molecule has 1 rings (SSSR count). The minimum Gasteiger partial charge on any atom is -0.474 e. The summed E-state index contributed by atoms with van der Waals surface area (Å²) in [6.07, 6.45) is 2.66. The largest absolute Gasteiger partial charge is 0.474 e. The molecule has 0 aromatic carbocycles. The van der Waals surface area contributed by atoms with Crippen molar-refractivity contribution in [2.45, 2.75) is 13.3 Å². The summed E-state index contributed by atoms with van der Waals surface area (Å²) in [5.74, 6) is -2.18. The molecule has 1 aliphatic heterocycles. The van der Waals surface area contributed by atoms with Crippen LogP contribution in [0, 0.1) is 0 Å². The molecule has 1 N–H and O–H groups in total. The SMILES string of the molecule is CC1=CCN(C(=O)C(=O)O)CC1. The van der Waals surface area contributed by atoms with Crippen LogP contribution < -0.4 is 0 Å². The average molecular weight is 169 g/mol. The van der Waals surface area contributed by atoms with Gasteiger partial charge in [-0.1, -0.05) is 11.6 Å². The maximum absolute atomic E-state index is 10.9. The van der Waals surface area contributed by atoms with E-state index in [4.69, 9.17) is 5.11 Å². The molecule has 0 spiro atoms. The van der Waals surface area contributed by atoms with Crippen molar-refractivity contribution in [3.05, 3.63) is 11.6 Å². The van der Waals surface area contributed by atoms with Gasteiger partial charge in [0, 0.05) is 13.1 Å². The number of rotatable bonds is 0. The molecule has 66 valence electrons. The summed E-state index contributed by atoms with van der Waals surface area (Å²) in [6.45, 7) is 2.92. The second kappa shape index (κ2) is 3.38. The predicted octanol–water partition coefficient (Wildman–Crippen LogP) is 0.250. The zero-order chi connectivity index (χ0) is 9.14. The number of carboxylic acid groups (broad SMARTS) is 1. The highest BCUT2D eigenvalue weighted by atomic mass is 16.4. The summed E-state index contributed by atoms with van der Waals surface area (Å²) in [6, 6.07) is 0. The molecule has 0 atom stereocenters. The zero-order valence-electron chi connectivity index (χ0n) is 6.91. The Morgan fingerprint density at radius 3 is 2.67 bits per heavy atom. The highest BCUT2D eigenvalue weighted by molar-refractivity contribution is 6.31. The molecular weight excluding hydrogens is 158 g/mol. The Balaban J connectivity index is 2.57. The Morgan fingerprint density at radius 2 is 2.25 bits per heavy atom. The van der Waals surface area contributed by atoms with Crippen LogP contribution in [0.4, 0.5) is 0 Å². The molecule has 12 heavy (non-hydrogen) atoms. The third kappa shape index (κ3) is 1.84. The number of hydrogen-bond donors (Lipinski definition) is 1. The van der Waals surface area contributed by atoms with Crippen LogP contribution >= 0.6 is 0 Å². The first-order chi connectivity index (χ1) is 5.61. The minimum atomic E-state index is -1.37. The molecule has 4 heteroatoms. The lowest BCUT2D eigenvalue weighted by Gasteiger charge is -2.23. The van der Waals surface area contributed by atoms with E-state index in [0.717, 1.165) is 6.42 Å². The highest BCUT2D eigenvalue weighted by Crippen LogP contribution is 2.09. The van der Waals surface area contributed by atoms with E-state index in [1.165, 1.54) is 10.5 Å². The van der Waals surface area contributed by atoms with Crippen LogP contribution in [0.2, 0.25) is 0 Å². The summed E-state index contributed by atoms with van der Waals surface area (Å²) in [4.78, 5) is 22.5. The topological polar surface area (TPSA) is 57.6 Å². The minimum absolute atomic E-state index is 0.428. The molecule has 0 radical (unpaired) electrons. The summed E-state index contributed by atoms with van der Waals surface area (Å²) < 4.78 is 0. The van der Waals surface area contributed by atoms with Gasteiger partial charge in [0.05, 0.1) is 0 Å². The van der Waals surface area contributed by atoms with Crippen LogP contribution in [0.1, 0.15) is 13.3 Å². The summed E-state index contributed by atoms with van der Waals surface area (Å²) in [5, 5.41) is 8.39. The second-order valence-corrected chi connectivity index (χ2v) is 2.86. The molecule has 0 bridgehead atoms. The Hall–Kier alpha value is -1.32. The molecule has 0 aromatic heterocycles. The molecule has 0 fully saturated rings. The van der Waals surface area contributed by atoms with Gasteiger partial charge in [0.2, 0.25) is 0 Å². The molecule has 0 aromatic rings. The first-order valence-electron chi connectivity index (χ1n) is 3.79. The molecule has 0 saturated heterocycles. The van der Waals surface area contributed by atoms with E-state index in [1.807, 2.05) is 13.0 Å². The zero-order valence-corrected chi connectivity index (χ0v) is 6.91. The van der Waals surface area contributed by atoms with Crippen molar-refractivity contribution >= 4 is 11.9 Å². The fourth-order valence-corrected chi connectivity index (χ4v) is 1.09. The van der Waals surface area contributed by atoms with Crippen molar-refractivity contribution in [2.75, 3.05) is 13.1 Å². The predicted molar refractivity (Wildman–Crippen MR) is 42.6 cm³/mol. The van der Waals surface area contributed by atoms with E-state index in [2.05, 4.69) is 0 Å². The standard InChI is InChI=1S/C8H11NO3/c1-6-2-4-9(5-3-6)7(10)8(11)12/h2H,3-5H2,1H3,(H,11,12). The third-order valence-electron chi connectivity index (χ3n) is 1.91. The van der Waals surface area contributed by atoms with Gasteiger partial charge < -0.3 is 10.0 Å². The molecular formula is C8H11NO3. The molecule has 1 amide bonds. The number of hydrogen-bond acceptors (Lipinski definition) is 2. The van der Waals surface area contributed by atoms with Crippen LogP contribution in [0.3, 0.4) is 0 Å². The molecule has 4 nitrogen and oxygen atoms in total. The molecule has 0 unspecified atom stereocenters. The third-order valence-corrected chi connectivity index (χ3v) is 1.91. The lowest BCUT2D eigenvalue weighted by atomic mass is 10.1. The van der Waals surface area contributed by atoms with Gasteiger partial charge in [-0.25, -0.2) is 4.79 Å². The van der Waals surface area contributed by atoms with E-state index >= 15 is 0 Å². The van der Waals surface area contributed by atoms with Crippen LogP contribution in [0.15, 0.2) is 11.6 Å². The Kier molecular flexibility index (Phi) is 2.47. The Labute approximate surface area is 70.5 Å². The lowest BCUT2D eigenvalue weighted by Crippen LogP contribution is -2.39. The first kappa shape index (κ1) is 8.77. The maximum Gasteiger partial charge on any atom is 0.394 e. The summed E-state index contributed by atoms with van der Waals surface area (Å²) in [7, 11) is 0. The van der Waals surface area contributed by atoms with Crippen LogP contribution in [0.25, 0.3) is 0 Å². The van der Waals surface area contributed by atoms with Crippen LogP contribution in [0.5, 0.6) is 0 Å². The van der Waals surface area contributed by atoms with E-state index in [-0.39, 0.29) is 0 Å². The second-order valence-electron chi connectivity index (χ2n) is 2.86. The van der Waals surface area contributed by atoms with Crippen molar-refractivity contribution in [3.8, 4) is 0 Å². The van der Waals surface area contributed by atoms with E-state index < -0.39 is 11.9 Å². The quantitative estimate of drug-likeness (QED) is 0.417. The van der Waals surface area contributed by atoms with Crippen molar-refractivity contribution in [2.24, 2.45) is 0 Å². The van der Waals surface area contributed by atoms with E-state index in [9.17, 15) is 9.59 Å². The number of carbonyl (C=O) groups excluding carboxylic acids is 1. The van der Waals surface area contributed by atoms with Gasteiger partial charge in [-0.15, -0.1) is 0 Å². The van der Waals surface area contributed by atoms with Crippen molar-refractivity contribution in [3.63, 3.8) is 0 Å². The van der Waals surface area contributed by atoms with Crippen LogP contribution in [-0.2, 0) is 9.59 Å². The van der Waals surface area contributed by atoms with Crippen molar-refractivity contribution < 1.29 is 14.7 Å². The fourth-order valence-electron chi connectivity index (χ4n) is 1.09. The van der Waals surface area contributed by atoms with Gasteiger partial charge in [-0.05, 0) is 13.3 Å². The smallest absolute Gasteiger partial charge is 0.394 e. The first-order valence-corrected chi connectivity index (χ1v) is 3.79. The van der Waals surface area contributed by atoms with Gasteiger partial charge in [-0.2, -0.15) is 0 Å². The monoisotopic (exact) mass is 169 g/mol. The van der Waals surface area contributed by atoms with Gasteiger partial charge in [0.1, 0.15) is 0 Å². The van der Waals surface area contributed by atoms with Crippen molar-refractivity contribution in [1.82, 2.24) is 4.90 Å². The number of aliphatic carboxylic acids is 1. The van der Waals surface area contributed by atoms with Gasteiger partial charge in [-0.3, -0.25) is 4.79 Å². The van der Waals surface area contributed by atoms with Gasteiger partial charge in [0.25, 0.3) is 0 Å².